The molecular weight excluding hydrogens is 216 g/mol. The number of hydrogen-bond acceptors (Lipinski definition) is 3. The second-order valence-corrected chi connectivity index (χ2v) is 4.91. The zero-order valence-corrected chi connectivity index (χ0v) is 8.99. The molecule has 0 saturated carbocycles. The molecule has 0 heterocycles. The number of primary amides is 1. The lowest BCUT2D eigenvalue weighted by atomic mass is 10.1. The Hall–Kier alpha value is -1.40. The summed E-state index contributed by atoms with van der Waals surface area (Å²) in [6, 6.07) is 8.12. The summed E-state index contributed by atoms with van der Waals surface area (Å²) in [6.07, 6.45) is 0. The van der Waals surface area contributed by atoms with Gasteiger partial charge in [-0.1, -0.05) is 30.3 Å². The third-order valence-electron chi connectivity index (χ3n) is 1.96. The van der Waals surface area contributed by atoms with Gasteiger partial charge in [0, 0.05) is 0 Å². The van der Waals surface area contributed by atoms with Gasteiger partial charge in [-0.15, -0.1) is 0 Å². The lowest BCUT2D eigenvalue weighted by molar-refractivity contribution is -0.117. The van der Waals surface area contributed by atoms with Crippen LogP contribution in [0.2, 0.25) is 0 Å². The van der Waals surface area contributed by atoms with E-state index in [1.165, 1.54) is 7.05 Å². The number of amides is 1. The molecule has 0 aliphatic carbocycles. The van der Waals surface area contributed by atoms with Crippen molar-refractivity contribution >= 4 is 15.9 Å². The third kappa shape index (κ3) is 2.54. The quantitative estimate of drug-likeness (QED) is 0.745. The summed E-state index contributed by atoms with van der Waals surface area (Å²) in [6.45, 7) is 0. The highest BCUT2D eigenvalue weighted by molar-refractivity contribution is 7.90. The summed E-state index contributed by atoms with van der Waals surface area (Å²) in [4.78, 5) is 11.1. The molecule has 1 aromatic carbocycles. The molecule has 0 bridgehead atoms. The summed E-state index contributed by atoms with van der Waals surface area (Å²) < 4.78 is 25.2. The number of benzene rings is 1. The van der Waals surface area contributed by atoms with E-state index in [9.17, 15) is 13.2 Å². The van der Waals surface area contributed by atoms with Gasteiger partial charge in [0.25, 0.3) is 0 Å². The molecule has 1 aromatic rings. The Kier molecular flexibility index (Phi) is 3.43. The van der Waals surface area contributed by atoms with Crippen LogP contribution < -0.4 is 10.5 Å². The van der Waals surface area contributed by atoms with Crippen molar-refractivity contribution in [2.45, 2.75) is 5.25 Å². The third-order valence-corrected chi connectivity index (χ3v) is 3.65. The summed E-state index contributed by atoms with van der Waals surface area (Å²) in [5, 5.41) is -1.34. The first-order chi connectivity index (χ1) is 6.99. The van der Waals surface area contributed by atoms with Gasteiger partial charge in [-0.3, -0.25) is 4.79 Å². The molecule has 82 valence electrons. The lowest BCUT2D eigenvalue weighted by Gasteiger charge is -2.13. The van der Waals surface area contributed by atoms with E-state index in [1.807, 2.05) is 0 Å². The zero-order chi connectivity index (χ0) is 11.5. The van der Waals surface area contributed by atoms with Gasteiger partial charge in [-0.05, 0) is 12.6 Å². The van der Waals surface area contributed by atoms with Crippen LogP contribution in [0.5, 0.6) is 0 Å². The molecule has 3 N–H and O–H groups in total. The van der Waals surface area contributed by atoms with Crippen molar-refractivity contribution in [2.75, 3.05) is 7.05 Å². The lowest BCUT2D eigenvalue weighted by Crippen LogP contribution is -2.34. The van der Waals surface area contributed by atoms with E-state index in [4.69, 9.17) is 5.73 Å². The Morgan fingerprint density at radius 1 is 1.33 bits per heavy atom. The number of nitrogens with two attached hydrogens (primary N) is 1. The van der Waals surface area contributed by atoms with Crippen LogP contribution in [0.15, 0.2) is 30.3 Å². The summed E-state index contributed by atoms with van der Waals surface area (Å²) in [7, 11) is -2.49. The van der Waals surface area contributed by atoms with Gasteiger partial charge in [0.1, 0.15) is 0 Å². The van der Waals surface area contributed by atoms with E-state index < -0.39 is 21.2 Å². The fourth-order valence-electron chi connectivity index (χ4n) is 1.24. The topological polar surface area (TPSA) is 89.3 Å². The minimum atomic E-state index is -3.74. The van der Waals surface area contributed by atoms with Crippen molar-refractivity contribution < 1.29 is 13.2 Å². The number of hydrogen-bond donors (Lipinski definition) is 2. The fourth-order valence-corrected chi connectivity index (χ4v) is 2.30. The zero-order valence-electron chi connectivity index (χ0n) is 8.17. The highest BCUT2D eigenvalue weighted by Crippen LogP contribution is 2.20. The predicted molar refractivity (Wildman–Crippen MR) is 56.4 cm³/mol. The van der Waals surface area contributed by atoms with E-state index in [1.54, 1.807) is 30.3 Å². The van der Waals surface area contributed by atoms with Crippen LogP contribution in [0.25, 0.3) is 0 Å². The van der Waals surface area contributed by atoms with Gasteiger partial charge in [0.05, 0.1) is 0 Å². The Morgan fingerprint density at radius 2 is 1.87 bits per heavy atom. The minimum Gasteiger partial charge on any atom is -0.368 e. The maximum atomic E-state index is 11.5. The summed E-state index contributed by atoms with van der Waals surface area (Å²) in [5.74, 6) is -0.893. The van der Waals surface area contributed by atoms with Crippen LogP contribution in [0.4, 0.5) is 0 Å². The number of rotatable bonds is 4. The Balaban J connectivity index is 3.23. The molecule has 0 radical (unpaired) electrons. The smallest absolute Gasteiger partial charge is 0.241 e. The van der Waals surface area contributed by atoms with Crippen LogP contribution in [0.3, 0.4) is 0 Å². The first kappa shape index (κ1) is 11.7. The second kappa shape index (κ2) is 4.41. The maximum absolute atomic E-state index is 11.5. The molecule has 5 nitrogen and oxygen atoms in total. The van der Waals surface area contributed by atoms with E-state index in [-0.39, 0.29) is 0 Å². The van der Waals surface area contributed by atoms with Crippen LogP contribution in [-0.4, -0.2) is 21.4 Å². The van der Waals surface area contributed by atoms with Crippen LogP contribution >= 0.6 is 0 Å². The summed E-state index contributed by atoms with van der Waals surface area (Å²) >= 11 is 0. The molecule has 0 fully saturated rings. The number of carbonyl (C=O) groups is 1. The molecular formula is C9H12N2O3S. The van der Waals surface area contributed by atoms with E-state index in [2.05, 4.69) is 4.72 Å². The van der Waals surface area contributed by atoms with Crippen molar-refractivity contribution in [3.63, 3.8) is 0 Å². The molecule has 0 aliphatic heterocycles. The normalized spacial score (nSPS) is 13.4. The van der Waals surface area contributed by atoms with E-state index >= 15 is 0 Å². The van der Waals surface area contributed by atoms with Crippen LogP contribution in [0.1, 0.15) is 10.8 Å². The van der Waals surface area contributed by atoms with Gasteiger partial charge < -0.3 is 5.73 Å². The number of carbonyl (C=O) groups excluding carboxylic acids is 1. The van der Waals surface area contributed by atoms with E-state index in [0.29, 0.717) is 5.56 Å². The fraction of sp³-hybridized carbons (Fsp3) is 0.222. The molecule has 0 saturated heterocycles. The second-order valence-electron chi connectivity index (χ2n) is 2.94. The average Bonchev–Trinajstić information content (AvgIpc) is 2.18. The minimum absolute atomic E-state index is 0.361. The van der Waals surface area contributed by atoms with Crippen molar-refractivity contribution in [3.05, 3.63) is 35.9 Å². The van der Waals surface area contributed by atoms with Crippen molar-refractivity contribution in [1.29, 1.82) is 0 Å². The highest BCUT2D eigenvalue weighted by atomic mass is 32.2. The largest absolute Gasteiger partial charge is 0.368 e. The number of sulfonamides is 1. The molecule has 6 heteroatoms. The molecule has 1 rings (SSSR count). The van der Waals surface area contributed by atoms with Crippen molar-refractivity contribution in [2.24, 2.45) is 5.73 Å². The first-order valence-electron chi connectivity index (χ1n) is 4.25. The SMILES string of the molecule is CNS(=O)(=O)C(C(N)=O)c1ccccc1. The molecule has 15 heavy (non-hydrogen) atoms. The Morgan fingerprint density at radius 3 is 2.27 bits per heavy atom. The van der Waals surface area contributed by atoms with Crippen LogP contribution in [0, 0.1) is 0 Å². The van der Waals surface area contributed by atoms with Gasteiger partial charge in [0.2, 0.25) is 15.9 Å². The van der Waals surface area contributed by atoms with Gasteiger partial charge in [-0.2, -0.15) is 0 Å². The Labute approximate surface area is 88.3 Å². The van der Waals surface area contributed by atoms with Gasteiger partial charge >= 0.3 is 0 Å². The van der Waals surface area contributed by atoms with E-state index in [0.717, 1.165) is 0 Å². The molecule has 1 amide bonds. The van der Waals surface area contributed by atoms with Crippen LogP contribution in [-0.2, 0) is 14.8 Å². The molecule has 0 spiro atoms. The molecule has 1 unspecified atom stereocenters. The number of nitrogens with one attached hydrogen (secondary N) is 1. The summed E-state index contributed by atoms with van der Waals surface area (Å²) in [5.41, 5.74) is 5.43. The Bertz CT molecular complexity index is 442. The maximum Gasteiger partial charge on any atom is 0.241 e. The van der Waals surface area contributed by atoms with Crippen molar-refractivity contribution in [3.8, 4) is 0 Å². The van der Waals surface area contributed by atoms with Gasteiger partial charge in [0.15, 0.2) is 5.25 Å². The first-order valence-corrected chi connectivity index (χ1v) is 5.80. The predicted octanol–water partition coefficient (Wildman–Crippen LogP) is -0.238. The monoisotopic (exact) mass is 228 g/mol. The average molecular weight is 228 g/mol. The highest BCUT2D eigenvalue weighted by Gasteiger charge is 2.30. The molecule has 1 atom stereocenters. The molecule has 0 aliphatic rings. The standard InChI is InChI=1S/C9H12N2O3S/c1-11-15(13,14)8(9(10)12)7-5-3-2-4-6-7/h2-6,8,11H,1H3,(H2,10,12). The van der Waals surface area contributed by atoms with Crippen molar-refractivity contribution in [1.82, 2.24) is 4.72 Å². The van der Waals surface area contributed by atoms with Gasteiger partial charge in [-0.25, -0.2) is 13.1 Å². The molecule has 0 aromatic heterocycles.